The lowest BCUT2D eigenvalue weighted by atomic mass is 9.76. The molecule has 1 N–H and O–H groups in total. The van der Waals surface area contributed by atoms with Crippen LogP contribution in [0.25, 0.3) is 0 Å². The minimum atomic E-state index is -0.860. The lowest BCUT2D eigenvalue weighted by Crippen LogP contribution is -2.39. The van der Waals surface area contributed by atoms with Crippen molar-refractivity contribution in [1.29, 1.82) is 5.26 Å². The van der Waals surface area contributed by atoms with Crippen molar-refractivity contribution in [3.8, 4) is 6.07 Å². The summed E-state index contributed by atoms with van der Waals surface area (Å²) in [4.78, 5) is 5.05. The summed E-state index contributed by atoms with van der Waals surface area (Å²) in [5.41, 5.74) is 5.02. The Labute approximate surface area is 265 Å². The van der Waals surface area contributed by atoms with E-state index in [-0.39, 0.29) is 5.82 Å². The van der Waals surface area contributed by atoms with Gasteiger partial charge in [-0.3, -0.25) is 0 Å². The van der Waals surface area contributed by atoms with Gasteiger partial charge in [0, 0.05) is 17.4 Å². The molecule has 0 spiro atoms. The van der Waals surface area contributed by atoms with Crippen molar-refractivity contribution in [2.24, 2.45) is 0 Å². The van der Waals surface area contributed by atoms with E-state index >= 15 is 4.39 Å². The Balaban J connectivity index is 1.68. The van der Waals surface area contributed by atoms with Crippen LogP contribution in [-0.4, -0.2) is 9.55 Å². The third kappa shape index (κ3) is 5.43. The fourth-order valence-electron chi connectivity index (χ4n) is 5.92. The van der Waals surface area contributed by atoms with Gasteiger partial charge in [-0.15, -0.1) is 0 Å². The number of anilines is 1. The Morgan fingerprint density at radius 1 is 0.818 bits per heavy atom. The Morgan fingerprint density at radius 2 is 1.36 bits per heavy atom. The zero-order valence-electron chi connectivity index (χ0n) is 24.2. The van der Waals surface area contributed by atoms with E-state index in [0.717, 1.165) is 34.4 Å². The van der Waals surface area contributed by atoms with Crippen LogP contribution in [0.5, 0.6) is 0 Å². The highest BCUT2D eigenvalue weighted by Crippen LogP contribution is 2.44. The number of nitrogens with zero attached hydrogens (tertiary/aromatic N) is 3. The smallest absolute Gasteiger partial charge is 0.138 e. The third-order valence-electron chi connectivity index (χ3n) is 8.00. The van der Waals surface area contributed by atoms with Gasteiger partial charge in [0.2, 0.25) is 0 Å². The van der Waals surface area contributed by atoms with E-state index in [9.17, 15) is 5.26 Å². The number of hydrogen-bond acceptors (Lipinski definition) is 3. The largest absolute Gasteiger partial charge is 0.371 e. The molecule has 0 saturated heterocycles. The molecule has 5 aromatic carbocycles. The first-order chi connectivity index (χ1) is 21.5. The van der Waals surface area contributed by atoms with Crippen LogP contribution in [0.4, 0.5) is 10.1 Å². The summed E-state index contributed by atoms with van der Waals surface area (Å²) in [7, 11) is 0. The first-order valence-corrected chi connectivity index (χ1v) is 15.3. The number of aromatic nitrogens is 2. The molecule has 0 fully saturated rings. The third-order valence-corrected chi connectivity index (χ3v) is 8.38. The summed E-state index contributed by atoms with van der Waals surface area (Å²) in [5.74, 6) is 0.286. The van der Waals surface area contributed by atoms with E-state index in [1.54, 1.807) is 12.1 Å². The number of nitrogens with one attached hydrogen (secondary N) is 1. The molecule has 6 rings (SSSR count). The minimum Gasteiger partial charge on any atom is -0.371 e. The normalized spacial score (nSPS) is 12.0. The molecule has 6 aromatic rings. The first-order valence-electron chi connectivity index (χ1n) is 14.5. The summed E-state index contributed by atoms with van der Waals surface area (Å²) < 4.78 is 18.7. The zero-order valence-corrected chi connectivity index (χ0v) is 25.7. The van der Waals surface area contributed by atoms with Gasteiger partial charge in [-0.1, -0.05) is 110 Å². The van der Waals surface area contributed by atoms with Gasteiger partial charge in [-0.05, 0) is 74.9 Å². The molecule has 0 aliphatic rings. The van der Waals surface area contributed by atoms with Gasteiger partial charge >= 0.3 is 0 Å². The predicted octanol–water partition coefficient (Wildman–Crippen LogP) is 9.26. The van der Waals surface area contributed by atoms with E-state index in [1.807, 2.05) is 85.1 Å². The number of halogens is 2. The quantitative estimate of drug-likeness (QED) is 0.160. The van der Waals surface area contributed by atoms with Crippen molar-refractivity contribution >= 4 is 21.6 Å². The van der Waals surface area contributed by atoms with Crippen molar-refractivity contribution < 1.29 is 4.39 Å². The van der Waals surface area contributed by atoms with Crippen LogP contribution in [-0.2, 0) is 12.0 Å². The molecule has 4 nitrogen and oxygen atoms in total. The van der Waals surface area contributed by atoms with Crippen molar-refractivity contribution in [1.82, 2.24) is 9.55 Å². The topological polar surface area (TPSA) is 53.6 Å². The van der Waals surface area contributed by atoms with Crippen LogP contribution >= 0.6 is 15.9 Å². The fourth-order valence-corrected chi connectivity index (χ4v) is 6.30. The molecule has 6 heteroatoms. The SMILES string of the molecule is CCc1ccc(F)c(C(Nc2ccc(C#N)cc2)c2nc(Br)cn2C(c2ccccc2)(c2ccccc2)c2ccccc2)c1. The van der Waals surface area contributed by atoms with Crippen LogP contribution in [0.1, 0.15) is 52.2 Å². The number of imidazole rings is 1. The molecule has 0 saturated carbocycles. The average Bonchev–Trinajstić information content (AvgIpc) is 3.47. The van der Waals surface area contributed by atoms with Crippen LogP contribution in [0.15, 0.2) is 144 Å². The second-order valence-electron chi connectivity index (χ2n) is 10.6. The molecular weight excluding hydrogens is 611 g/mol. The van der Waals surface area contributed by atoms with E-state index in [0.29, 0.717) is 21.6 Å². The summed E-state index contributed by atoms with van der Waals surface area (Å²) in [6.07, 6.45) is 2.74. The second-order valence-corrected chi connectivity index (χ2v) is 11.4. The summed E-state index contributed by atoms with van der Waals surface area (Å²) in [5, 5.41) is 13.0. The van der Waals surface area contributed by atoms with E-state index in [1.165, 1.54) is 6.07 Å². The van der Waals surface area contributed by atoms with Crippen molar-refractivity contribution in [3.05, 3.63) is 189 Å². The van der Waals surface area contributed by atoms with Gasteiger partial charge in [0.15, 0.2) is 0 Å². The van der Waals surface area contributed by atoms with Crippen LogP contribution < -0.4 is 5.32 Å². The van der Waals surface area contributed by atoms with Gasteiger partial charge in [-0.2, -0.15) is 5.26 Å². The molecule has 1 heterocycles. The highest BCUT2D eigenvalue weighted by atomic mass is 79.9. The lowest BCUT2D eigenvalue weighted by Gasteiger charge is -2.39. The minimum absolute atomic E-state index is 0.330. The van der Waals surface area contributed by atoms with E-state index in [4.69, 9.17) is 4.98 Å². The summed E-state index contributed by atoms with van der Waals surface area (Å²) >= 11 is 3.70. The van der Waals surface area contributed by atoms with Gasteiger partial charge in [0.05, 0.1) is 11.6 Å². The summed E-state index contributed by atoms with van der Waals surface area (Å²) in [6.45, 7) is 2.06. The Hall–Kier alpha value is -4.99. The molecule has 1 atom stereocenters. The van der Waals surface area contributed by atoms with Gasteiger partial charge in [0.1, 0.15) is 27.8 Å². The maximum atomic E-state index is 15.9. The van der Waals surface area contributed by atoms with Crippen molar-refractivity contribution in [2.45, 2.75) is 24.9 Å². The standard InChI is InChI=1S/C38H30BrFN4/c1-2-27-20-23-34(40)33(24-27)36(42-32-21-18-28(25-41)19-22-32)37-43-35(39)26-44(37)38(29-12-6-3-7-13-29,30-14-8-4-9-15-30)31-16-10-5-11-17-31/h3-24,26,36,42H,2H2,1H3. The highest BCUT2D eigenvalue weighted by Gasteiger charge is 2.42. The maximum Gasteiger partial charge on any atom is 0.138 e. The van der Waals surface area contributed by atoms with Gasteiger partial charge < -0.3 is 9.88 Å². The Kier molecular flexibility index (Phi) is 8.40. The van der Waals surface area contributed by atoms with Crippen LogP contribution in [0, 0.1) is 17.1 Å². The number of rotatable bonds is 9. The van der Waals surface area contributed by atoms with Crippen LogP contribution in [0.2, 0.25) is 0 Å². The predicted molar refractivity (Wildman–Crippen MR) is 177 cm³/mol. The van der Waals surface area contributed by atoms with Crippen molar-refractivity contribution in [3.63, 3.8) is 0 Å². The van der Waals surface area contributed by atoms with Crippen molar-refractivity contribution in [2.75, 3.05) is 5.32 Å². The number of hydrogen-bond donors (Lipinski definition) is 1. The number of nitriles is 1. The molecule has 0 aliphatic heterocycles. The van der Waals surface area contributed by atoms with E-state index in [2.05, 4.69) is 75.2 Å². The highest BCUT2D eigenvalue weighted by molar-refractivity contribution is 9.10. The lowest BCUT2D eigenvalue weighted by molar-refractivity contribution is 0.483. The fraction of sp³-hybridized carbons (Fsp3) is 0.105. The molecule has 0 amide bonds. The first kappa shape index (κ1) is 29.1. The van der Waals surface area contributed by atoms with Crippen LogP contribution in [0.3, 0.4) is 0 Å². The number of benzene rings is 5. The Bertz CT molecular complexity index is 1800. The summed E-state index contributed by atoms with van der Waals surface area (Å²) in [6, 6.07) is 45.0. The maximum absolute atomic E-state index is 15.9. The Morgan fingerprint density at radius 3 is 1.86 bits per heavy atom. The number of aryl methyl sites for hydroxylation is 1. The molecule has 44 heavy (non-hydrogen) atoms. The molecule has 0 aliphatic carbocycles. The van der Waals surface area contributed by atoms with Gasteiger partial charge in [0.25, 0.3) is 0 Å². The molecular formula is C38H30BrFN4. The van der Waals surface area contributed by atoms with Gasteiger partial charge in [-0.25, -0.2) is 9.37 Å². The molecule has 0 radical (unpaired) electrons. The molecule has 0 bridgehead atoms. The molecule has 1 aromatic heterocycles. The zero-order chi connectivity index (χ0) is 30.5. The molecule has 1 unspecified atom stereocenters. The average molecular weight is 642 g/mol. The molecule has 216 valence electrons. The van der Waals surface area contributed by atoms with E-state index < -0.39 is 11.6 Å². The second kappa shape index (κ2) is 12.7. The monoisotopic (exact) mass is 640 g/mol.